The number of rotatable bonds is 6. The minimum absolute atomic E-state index is 0.104. The zero-order valence-electron chi connectivity index (χ0n) is 13.0. The minimum Gasteiger partial charge on any atom is -0.352 e. The number of amides is 1. The molecular weight excluding hydrogens is 264 g/mol. The van der Waals surface area contributed by atoms with Gasteiger partial charge in [-0.1, -0.05) is 6.07 Å². The second kappa shape index (κ2) is 8.10. The lowest BCUT2D eigenvalue weighted by atomic mass is 10.1. The van der Waals surface area contributed by atoms with Crippen molar-refractivity contribution in [1.82, 2.24) is 20.5 Å². The van der Waals surface area contributed by atoms with Crippen LogP contribution in [0.4, 0.5) is 0 Å². The Kier molecular flexibility index (Phi) is 6.14. The Hall–Kier alpha value is -1.46. The van der Waals surface area contributed by atoms with Crippen molar-refractivity contribution in [3.63, 3.8) is 0 Å². The van der Waals surface area contributed by atoms with Gasteiger partial charge in [0, 0.05) is 24.5 Å². The van der Waals surface area contributed by atoms with E-state index in [1.807, 2.05) is 32.3 Å². The van der Waals surface area contributed by atoms with Crippen molar-refractivity contribution in [2.75, 3.05) is 26.7 Å². The molecule has 0 unspecified atom stereocenters. The molecule has 2 N–H and O–H groups in total. The van der Waals surface area contributed by atoms with Crippen molar-refractivity contribution in [1.29, 1.82) is 0 Å². The third-order valence-electron chi connectivity index (χ3n) is 4.00. The number of piperidine rings is 1. The monoisotopic (exact) mass is 290 g/mol. The van der Waals surface area contributed by atoms with E-state index in [1.54, 1.807) is 6.20 Å². The number of hydrogen-bond donors (Lipinski definition) is 2. The third kappa shape index (κ3) is 5.44. The van der Waals surface area contributed by atoms with Crippen molar-refractivity contribution in [2.45, 2.75) is 38.3 Å². The maximum absolute atomic E-state index is 12.1. The van der Waals surface area contributed by atoms with E-state index < -0.39 is 0 Å². The Labute approximate surface area is 127 Å². The lowest BCUT2D eigenvalue weighted by molar-refractivity contribution is -0.123. The highest BCUT2D eigenvalue weighted by Gasteiger charge is 2.20. The Bertz CT molecular complexity index is 431. The lowest BCUT2D eigenvalue weighted by Crippen LogP contribution is -2.47. The molecule has 0 bridgehead atoms. The van der Waals surface area contributed by atoms with Crippen LogP contribution in [0.5, 0.6) is 0 Å². The molecule has 1 saturated heterocycles. The van der Waals surface area contributed by atoms with Gasteiger partial charge in [-0.05, 0) is 58.0 Å². The van der Waals surface area contributed by atoms with Crippen LogP contribution in [-0.4, -0.2) is 54.6 Å². The number of nitrogens with one attached hydrogen (secondary N) is 2. The molecule has 1 fully saturated rings. The molecule has 0 radical (unpaired) electrons. The Morgan fingerprint density at radius 1 is 1.52 bits per heavy atom. The lowest BCUT2D eigenvalue weighted by Gasteiger charge is -2.31. The van der Waals surface area contributed by atoms with Gasteiger partial charge in [-0.3, -0.25) is 14.7 Å². The highest BCUT2D eigenvalue weighted by atomic mass is 16.2. The Morgan fingerprint density at radius 2 is 2.29 bits per heavy atom. The van der Waals surface area contributed by atoms with Crippen molar-refractivity contribution < 1.29 is 4.79 Å². The summed E-state index contributed by atoms with van der Waals surface area (Å²) in [7, 11) is 2.04. The predicted octanol–water partition coefficient (Wildman–Crippen LogP) is 0.813. The third-order valence-corrected chi connectivity index (χ3v) is 4.00. The van der Waals surface area contributed by atoms with Crippen LogP contribution in [0.25, 0.3) is 0 Å². The second-order valence-electron chi connectivity index (χ2n) is 5.93. The van der Waals surface area contributed by atoms with Gasteiger partial charge in [0.25, 0.3) is 0 Å². The summed E-state index contributed by atoms with van der Waals surface area (Å²) in [5.74, 6) is 0.104. The van der Waals surface area contributed by atoms with Crippen molar-refractivity contribution >= 4 is 5.91 Å². The molecule has 1 atom stereocenters. The van der Waals surface area contributed by atoms with E-state index in [0.29, 0.717) is 12.6 Å². The first-order valence-electron chi connectivity index (χ1n) is 7.74. The molecule has 1 aliphatic heterocycles. The van der Waals surface area contributed by atoms with Gasteiger partial charge in [0.05, 0.1) is 6.54 Å². The fourth-order valence-corrected chi connectivity index (χ4v) is 2.85. The van der Waals surface area contributed by atoms with Crippen LogP contribution in [0.15, 0.2) is 24.5 Å². The zero-order chi connectivity index (χ0) is 15.1. The van der Waals surface area contributed by atoms with Gasteiger partial charge in [0.1, 0.15) is 0 Å². The van der Waals surface area contributed by atoms with Crippen LogP contribution in [0.1, 0.15) is 25.3 Å². The number of hydrogen-bond acceptors (Lipinski definition) is 4. The van der Waals surface area contributed by atoms with Crippen LogP contribution in [-0.2, 0) is 11.2 Å². The molecule has 2 rings (SSSR count). The molecule has 5 heteroatoms. The van der Waals surface area contributed by atoms with Crippen molar-refractivity contribution in [3.8, 4) is 0 Å². The summed E-state index contributed by atoms with van der Waals surface area (Å²) in [6, 6.07) is 4.61. The van der Waals surface area contributed by atoms with E-state index in [2.05, 4.69) is 20.5 Å². The van der Waals surface area contributed by atoms with Gasteiger partial charge in [0.2, 0.25) is 5.91 Å². The number of carbonyl (C=O) groups excluding carboxylic acids is 1. The molecular formula is C16H26N4O. The molecule has 1 amide bonds. The summed E-state index contributed by atoms with van der Waals surface area (Å²) in [5.41, 5.74) is 1.15. The molecule has 1 aliphatic rings. The number of pyridine rings is 1. The highest BCUT2D eigenvalue weighted by Crippen LogP contribution is 2.09. The average molecular weight is 290 g/mol. The number of likely N-dealkylation sites (N-methyl/N-ethyl adjacent to an activating group) is 1. The summed E-state index contributed by atoms with van der Waals surface area (Å²) < 4.78 is 0. The standard InChI is InChI=1S/C16H26N4O/c1-13(10-14-4-3-7-18-11-14)19-16(21)12-20(2)15-5-8-17-9-6-15/h3-4,7,11,13,15,17H,5-6,8-10,12H2,1-2H3,(H,19,21)/t13-/m0/s1. The number of carbonyl (C=O) groups is 1. The SMILES string of the molecule is C[C@@H](Cc1cccnc1)NC(=O)CN(C)C1CCNCC1. The smallest absolute Gasteiger partial charge is 0.234 e. The van der Waals surface area contributed by atoms with Gasteiger partial charge in [0.15, 0.2) is 0 Å². The first-order valence-corrected chi connectivity index (χ1v) is 7.74. The molecule has 21 heavy (non-hydrogen) atoms. The van der Waals surface area contributed by atoms with Crippen molar-refractivity contribution in [3.05, 3.63) is 30.1 Å². The predicted molar refractivity (Wildman–Crippen MR) is 84.1 cm³/mol. The molecule has 0 saturated carbocycles. The molecule has 2 heterocycles. The van der Waals surface area contributed by atoms with E-state index in [0.717, 1.165) is 37.9 Å². The summed E-state index contributed by atoms with van der Waals surface area (Å²) in [4.78, 5) is 18.4. The summed E-state index contributed by atoms with van der Waals surface area (Å²) >= 11 is 0. The molecule has 0 aliphatic carbocycles. The van der Waals surface area contributed by atoms with Gasteiger partial charge >= 0.3 is 0 Å². The van der Waals surface area contributed by atoms with E-state index >= 15 is 0 Å². The van der Waals surface area contributed by atoms with E-state index in [1.165, 1.54) is 0 Å². The quantitative estimate of drug-likeness (QED) is 0.814. The van der Waals surface area contributed by atoms with Crippen LogP contribution in [0.3, 0.4) is 0 Å². The molecule has 0 aromatic carbocycles. The zero-order valence-corrected chi connectivity index (χ0v) is 13.0. The molecule has 5 nitrogen and oxygen atoms in total. The summed E-state index contributed by atoms with van der Waals surface area (Å²) in [5, 5.41) is 6.42. The maximum Gasteiger partial charge on any atom is 0.234 e. The van der Waals surface area contributed by atoms with E-state index in [4.69, 9.17) is 0 Å². The minimum atomic E-state index is 0.104. The number of aromatic nitrogens is 1. The average Bonchev–Trinajstić information content (AvgIpc) is 2.48. The Morgan fingerprint density at radius 3 is 2.95 bits per heavy atom. The molecule has 1 aromatic rings. The topological polar surface area (TPSA) is 57.3 Å². The maximum atomic E-state index is 12.1. The Balaban J connectivity index is 1.73. The van der Waals surface area contributed by atoms with Crippen LogP contribution in [0.2, 0.25) is 0 Å². The first kappa shape index (κ1) is 15.9. The second-order valence-corrected chi connectivity index (χ2v) is 5.93. The summed E-state index contributed by atoms with van der Waals surface area (Å²) in [6.45, 7) is 4.61. The number of nitrogens with zero attached hydrogens (tertiary/aromatic N) is 2. The molecule has 0 spiro atoms. The summed E-state index contributed by atoms with van der Waals surface area (Å²) in [6.07, 6.45) is 6.67. The largest absolute Gasteiger partial charge is 0.352 e. The molecule has 116 valence electrons. The fourth-order valence-electron chi connectivity index (χ4n) is 2.85. The van der Waals surface area contributed by atoms with E-state index in [9.17, 15) is 4.79 Å². The van der Waals surface area contributed by atoms with Gasteiger partial charge in [-0.25, -0.2) is 0 Å². The molecule has 1 aromatic heterocycles. The van der Waals surface area contributed by atoms with Gasteiger partial charge in [-0.2, -0.15) is 0 Å². The highest BCUT2D eigenvalue weighted by molar-refractivity contribution is 5.78. The van der Waals surface area contributed by atoms with E-state index in [-0.39, 0.29) is 11.9 Å². The van der Waals surface area contributed by atoms with Crippen LogP contribution in [0, 0.1) is 0 Å². The normalized spacial score (nSPS) is 17.7. The first-order chi connectivity index (χ1) is 10.1. The van der Waals surface area contributed by atoms with Gasteiger partial charge < -0.3 is 10.6 Å². The van der Waals surface area contributed by atoms with Gasteiger partial charge in [-0.15, -0.1) is 0 Å². The fraction of sp³-hybridized carbons (Fsp3) is 0.625. The van der Waals surface area contributed by atoms with Crippen LogP contribution >= 0.6 is 0 Å². The van der Waals surface area contributed by atoms with Crippen LogP contribution < -0.4 is 10.6 Å². The van der Waals surface area contributed by atoms with Crippen molar-refractivity contribution in [2.24, 2.45) is 0 Å².